The zero-order valence-corrected chi connectivity index (χ0v) is 12.4. The highest BCUT2D eigenvalue weighted by Crippen LogP contribution is 2.24. The minimum Gasteiger partial charge on any atom is -0.334 e. The Hall–Kier alpha value is -2.11. The van der Waals surface area contributed by atoms with Crippen LogP contribution in [0.5, 0.6) is 0 Å². The lowest BCUT2D eigenvalue weighted by atomic mass is 10.1. The number of benzene rings is 2. The van der Waals surface area contributed by atoms with Crippen molar-refractivity contribution in [2.45, 2.75) is 11.4 Å². The molecule has 0 aliphatic carbocycles. The van der Waals surface area contributed by atoms with E-state index in [1.807, 2.05) is 54.8 Å². The molecule has 0 fully saturated rings. The van der Waals surface area contributed by atoms with Crippen LogP contribution in [0.1, 0.15) is 5.56 Å². The fourth-order valence-electron chi connectivity index (χ4n) is 1.98. The summed E-state index contributed by atoms with van der Waals surface area (Å²) in [4.78, 5) is 5.65. The van der Waals surface area contributed by atoms with Gasteiger partial charge in [0, 0.05) is 22.6 Å². The van der Waals surface area contributed by atoms with Crippen molar-refractivity contribution >= 4 is 11.8 Å². The first-order valence-electron chi connectivity index (χ1n) is 6.57. The molecule has 3 rings (SSSR count). The van der Waals surface area contributed by atoms with Crippen LogP contribution in [0.15, 0.2) is 57.9 Å². The van der Waals surface area contributed by atoms with E-state index in [0.29, 0.717) is 18.3 Å². The maximum absolute atomic E-state index is 5.59. The van der Waals surface area contributed by atoms with E-state index in [-0.39, 0.29) is 0 Å². The van der Waals surface area contributed by atoms with Crippen LogP contribution in [0.4, 0.5) is 0 Å². The van der Waals surface area contributed by atoms with Crippen LogP contribution in [0.25, 0.3) is 22.8 Å². The SMILES string of the molecule is CSc1ccc(-c2noc(-c3ccc(CN)cc3)n2)cc1. The van der Waals surface area contributed by atoms with Crippen LogP contribution in [0.2, 0.25) is 0 Å². The Morgan fingerprint density at radius 3 is 2.29 bits per heavy atom. The second-order valence-corrected chi connectivity index (χ2v) is 5.43. The normalized spacial score (nSPS) is 10.8. The maximum atomic E-state index is 5.59. The van der Waals surface area contributed by atoms with Gasteiger partial charge in [-0.15, -0.1) is 11.8 Å². The molecule has 2 N–H and O–H groups in total. The smallest absolute Gasteiger partial charge is 0.258 e. The van der Waals surface area contributed by atoms with Gasteiger partial charge in [0.1, 0.15) is 0 Å². The molecule has 2 aromatic carbocycles. The van der Waals surface area contributed by atoms with Crippen LogP contribution in [-0.2, 0) is 6.54 Å². The fraction of sp³-hybridized carbons (Fsp3) is 0.125. The molecule has 0 saturated heterocycles. The second kappa shape index (κ2) is 6.11. The number of thioether (sulfide) groups is 1. The van der Waals surface area contributed by atoms with Crippen molar-refractivity contribution in [1.29, 1.82) is 0 Å². The van der Waals surface area contributed by atoms with Gasteiger partial charge in [-0.1, -0.05) is 17.3 Å². The van der Waals surface area contributed by atoms with Gasteiger partial charge in [-0.05, 0) is 48.2 Å². The summed E-state index contributed by atoms with van der Waals surface area (Å²) in [5, 5.41) is 4.04. The van der Waals surface area contributed by atoms with Gasteiger partial charge in [-0.2, -0.15) is 4.98 Å². The van der Waals surface area contributed by atoms with Crippen LogP contribution in [0, 0.1) is 0 Å². The largest absolute Gasteiger partial charge is 0.334 e. The van der Waals surface area contributed by atoms with Gasteiger partial charge in [0.05, 0.1) is 0 Å². The first kappa shape index (κ1) is 13.9. The molecule has 0 amide bonds. The van der Waals surface area contributed by atoms with Crippen molar-refractivity contribution in [3.63, 3.8) is 0 Å². The van der Waals surface area contributed by atoms with E-state index in [2.05, 4.69) is 10.1 Å². The Morgan fingerprint density at radius 2 is 1.67 bits per heavy atom. The molecular formula is C16H15N3OS. The van der Waals surface area contributed by atoms with Gasteiger partial charge < -0.3 is 10.3 Å². The van der Waals surface area contributed by atoms with E-state index in [4.69, 9.17) is 10.3 Å². The van der Waals surface area contributed by atoms with Crippen LogP contribution in [0.3, 0.4) is 0 Å². The zero-order valence-electron chi connectivity index (χ0n) is 11.6. The molecule has 0 aliphatic rings. The monoisotopic (exact) mass is 297 g/mol. The Morgan fingerprint density at radius 1 is 1.00 bits per heavy atom. The fourth-order valence-corrected chi connectivity index (χ4v) is 2.39. The summed E-state index contributed by atoms with van der Waals surface area (Å²) in [5.74, 6) is 1.11. The van der Waals surface area contributed by atoms with E-state index in [1.54, 1.807) is 11.8 Å². The lowest BCUT2D eigenvalue weighted by Crippen LogP contribution is -1.95. The van der Waals surface area contributed by atoms with E-state index in [1.165, 1.54) is 4.90 Å². The van der Waals surface area contributed by atoms with Crippen molar-refractivity contribution in [2.75, 3.05) is 6.26 Å². The third-order valence-corrected chi connectivity index (χ3v) is 3.95. The van der Waals surface area contributed by atoms with Crippen molar-refractivity contribution in [3.8, 4) is 22.8 Å². The summed E-state index contributed by atoms with van der Waals surface area (Å²) in [7, 11) is 0. The first-order chi connectivity index (χ1) is 10.3. The summed E-state index contributed by atoms with van der Waals surface area (Å²) in [6.07, 6.45) is 2.05. The van der Waals surface area contributed by atoms with Crippen LogP contribution >= 0.6 is 11.8 Å². The Bertz CT molecular complexity index is 658. The molecule has 3 aromatic rings. The standard InChI is InChI=1S/C16H15N3OS/c1-21-14-8-6-12(7-9-14)15-18-16(20-19-15)13-4-2-11(10-17)3-5-13/h2-9H,10,17H2,1H3. The van der Waals surface area contributed by atoms with Crippen molar-refractivity contribution in [2.24, 2.45) is 5.73 Å². The van der Waals surface area contributed by atoms with Gasteiger partial charge in [0.2, 0.25) is 5.82 Å². The average Bonchev–Trinajstić information content (AvgIpc) is 3.05. The number of hydrogen-bond acceptors (Lipinski definition) is 5. The number of hydrogen-bond donors (Lipinski definition) is 1. The van der Waals surface area contributed by atoms with Crippen molar-refractivity contribution < 1.29 is 4.52 Å². The summed E-state index contributed by atoms with van der Waals surface area (Å²) in [5.41, 5.74) is 8.51. The quantitative estimate of drug-likeness (QED) is 0.746. The van der Waals surface area contributed by atoms with E-state index < -0.39 is 0 Å². The van der Waals surface area contributed by atoms with Gasteiger partial charge in [0.15, 0.2) is 0 Å². The Labute approximate surface area is 127 Å². The maximum Gasteiger partial charge on any atom is 0.258 e. The molecule has 0 aliphatic heterocycles. The summed E-state index contributed by atoms with van der Waals surface area (Å²) < 4.78 is 5.34. The molecule has 1 aromatic heterocycles. The van der Waals surface area contributed by atoms with E-state index in [0.717, 1.165) is 16.7 Å². The molecule has 21 heavy (non-hydrogen) atoms. The van der Waals surface area contributed by atoms with E-state index in [9.17, 15) is 0 Å². The highest BCUT2D eigenvalue weighted by Gasteiger charge is 2.10. The van der Waals surface area contributed by atoms with Gasteiger partial charge >= 0.3 is 0 Å². The topological polar surface area (TPSA) is 64.9 Å². The highest BCUT2D eigenvalue weighted by atomic mass is 32.2. The zero-order chi connectivity index (χ0) is 14.7. The molecule has 0 saturated carbocycles. The number of nitrogens with zero attached hydrogens (tertiary/aromatic N) is 2. The molecule has 4 nitrogen and oxygen atoms in total. The van der Waals surface area contributed by atoms with E-state index >= 15 is 0 Å². The molecule has 0 radical (unpaired) electrons. The van der Waals surface area contributed by atoms with Crippen LogP contribution in [-0.4, -0.2) is 16.4 Å². The molecular weight excluding hydrogens is 282 g/mol. The minimum absolute atomic E-state index is 0.516. The van der Waals surface area contributed by atoms with Crippen LogP contribution < -0.4 is 5.73 Å². The predicted molar refractivity (Wildman–Crippen MR) is 84.8 cm³/mol. The Kier molecular flexibility index (Phi) is 4.03. The minimum atomic E-state index is 0.516. The molecule has 0 atom stereocenters. The van der Waals surface area contributed by atoms with Gasteiger partial charge in [-0.25, -0.2) is 0 Å². The lowest BCUT2D eigenvalue weighted by Gasteiger charge is -1.98. The second-order valence-electron chi connectivity index (χ2n) is 4.55. The molecule has 1 heterocycles. The molecule has 5 heteroatoms. The number of rotatable bonds is 4. The predicted octanol–water partition coefficient (Wildman–Crippen LogP) is 3.58. The summed E-state index contributed by atoms with van der Waals surface area (Å²) in [6, 6.07) is 15.9. The molecule has 106 valence electrons. The average molecular weight is 297 g/mol. The van der Waals surface area contributed by atoms with Crippen molar-refractivity contribution in [1.82, 2.24) is 10.1 Å². The summed E-state index contributed by atoms with van der Waals surface area (Å²) in [6.45, 7) is 0.525. The first-order valence-corrected chi connectivity index (χ1v) is 7.80. The van der Waals surface area contributed by atoms with Gasteiger partial charge in [-0.3, -0.25) is 0 Å². The Balaban J connectivity index is 1.87. The van der Waals surface area contributed by atoms with Crippen molar-refractivity contribution in [3.05, 3.63) is 54.1 Å². The number of aromatic nitrogens is 2. The number of nitrogens with two attached hydrogens (primary N) is 1. The lowest BCUT2D eigenvalue weighted by molar-refractivity contribution is 0.432. The molecule has 0 bridgehead atoms. The molecule has 0 unspecified atom stereocenters. The third kappa shape index (κ3) is 2.99. The van der Waals surface area contributed by atoms with Gasteiger partial charge in [0.25, 0.3) is 5.89 Å². The highest BCUT2D eigenvalue weighted by molar-refractivity contribution is 7.98. The third-order valence-electron chi connectivity index (χ3n) is 3.21. The summed E-state index contributed by atoms with van der Waals surface area (Å²) >= 11 is 1.70. The molecule has 0 spiro atoms.